The summed E-state index contributed by atoms with van der Waals surface area (Å²) in [5.74, 6) is 0.667. The van der Waals surface area contributed by atoms with E-state index in [1.165, 1.54) is 47.8 Å². The van der Waals surface area contributed by atoms with E-state index in [0.717, 1.165) is 27.9 Å². The normalized spacial score (nSPS) is 15.4. The number of piperidine rings is 1. The summed E-state index contributed by atoms with van der Waals surface area (Å²) in [7, 11) is 2.21. The molecular formula is C29H29N5. The van der Waals surface area contributed by atoms with Crippen LogP contribution in [0.1, 0.15) is 29.9 Å². The molecule has 0 atom stereocenters. The van der Waals surface area contributed by atoms with Crippen molar-refractivity contribution >= 4 is 16.4 Å². The van der Waals surface area contributed by atoms with Crippen molar-refractivity contribution in [3.8, 4) is 22.3 Å². The molecule has 0 bridgehead atoms. The Morgan fingerprint density at radius 1 is 0.853 bits per heavy atom. The van der Waals surface area contributed by atoms with E-state index in [1.807, 2.05) is 16.9 Å². The molecule has 6 rings (SSSR count). The topological polar surface area (TPSA) is 59.5 Å². The first kappa shape index (κ1) is 21.0. The molecule has 3 heterocycles. The van der Waals surface area contributed by atoms with Crippen molar-refractivity contribution < 1.29 is 0 Å². The molecular weight excluding hydrogens is 418 g/mol. The molecule has 0 saturated carbocycles. The number of fused-ring (bicyclic) bond motifs is 2. The number of nitrogens with zero attached hydrogens (tertiary/aromatic N) is 4. The van der Waals surface area contributed by atoms with Gasteiger partial charge in [0, 0.05) is 30.1 Å². The van der Waals surface area contributed by atoms with E-state index in [-0.39, 0.29) is 0 Å². The highest BCUT2D eigenvalue weighted by atomic mass is 15.2. The van der Waals surface area contributed by atoms with Gasteiger partial charge in [0.05, 0.1) is 6.20 Å². The lowest BCUT2D eigenvalue weighted by Crippen LogP contribution is -2.29. The Bertz CT molecular complexity index is 1460. The molecule has 0 amide bonds. The maximum absolute atomic E-state index is 5.97. The Hall–Kier alpha value is -3.54. The predicted molar refractivity (Wildman–Crippen MR) is 139 cm³/mol. The van der Waals surface area contributed by atoms with Crippen LogP contribution >= 0.6 is 0 Å². The molecule has 3 aromatic carbocycles. The summed E-state index contributed by atoms with van der Waals surface area (Å²) in [6, 6.07) is 21.7. The summed E-state index contributed by atoms with van der Waals surface area (Å²) in [5, 5.41) is 7.01. The van der Waals surface area contributed by atoms with Crippen molar-refractivity contribution in [3.63, 3.8) is 0 Å². The van der Waals surface area contributed by atoms with Gasteiger partial charge in [-0.25, -0.2) is 9.50 Å². The van der Waals surface area contributed by atoms with Crippen LogP contribution in [0.5, 0.6) is 0 Å². The van der Waals surface area contributed by atoms with Gasteiger partial charge in [-0.2, -0.15) is 5.10 Å². The second-order valence-corrected chi connectivity index (χ2v) is 9.39. The highest BCUT2D eigenvalue weighted by Gasteiger charge is 2.18. The van der Waals surface area contributed by atoms with Crippen LogP contribution in [0.4, 0.5) is 0 Å². The lowest BCUT2D eigenvalue weighted by Gasteiger charge is -2.29. The van der Waals surface area contributed by atoms with Crippen molar-refractivity contribution in [2.24, 2.45) is 5.73 Å². The Balaban J connectivity index is 1.33. The molecule has 0 unspecified atom stereocenters. The summed E-state index contributed by atoms with van der Waals surface area (Å²) in [6.07, 6.45) is 8.42. The second-order valence-electron chi connectivity index (χ2n) is 9.39. The van der Waals surface area contributed by atoms with E-state index in [9.17, 15) is 0 Å². The van der Waals surface area contributed by atoms with Crippen molar-refractivity contribution in [1.29, 1.82) is 0 Å². The number of nitrogens with two attached hydrogens (primary N) is 1. The van der Waals surface area contributed by atoms with Crippen LogP contribution < -0.4 is 5.73 Å². The third-order valence-electron chi connectivity index (χ3n) is 7.31. The van der Waals surface area contributed by atoms with E-state index in [2.05, 4.69) is 83.9 Å². The fourth-order valence-electron chi connectivity index (χ4n) is 5.28. The van der Waals surface area contributed by atoms with Gasteiger partial charge in [0.25, 0.3) is 0 Å². The fraction of sp³-hybridized carbons (Fsp3) is 0.241. The van der Waals surface area contributed by atoms with Crippen LogP contribution in [0, 0.1) is 0 Å². The van der Waals surface area contributed by atoms with E-state index in [4.69, 9.17) is 10.7 Å². The maximum Gasteiger partial charge on any atom is 0.162 e. The molecule has 1 aliphatic heterocycles. The van der Waals surface area contributed by atoms with Gasteiger partial charge < -0.3 is 10.6 Å². The van der Waals surface area contributed by atoms with Crippen molar-refractivity contribution in [1.82, 2.24) is 19.5 Å². The first-order valence-electron chi connectivity index (χ1n) is 12.0. The number of aromatic nitrogens is 3. The number of likely N-dealkylation sites (tertiary alicyclic amines) is 1. The highest BCUT2D eigenvalue weighted by molar-refractivity contribution is 6.01. The van der Waals surface area contributed by atoms with Gasteiger partial charge in [-0.3, -0.25) is 0 Å². The molecule has 2 N–H and O–H groups in total. The summed E-state index contributed by atoms with van der Waals surface area (Å²) < 4.78 is 1.89. The van der Waals surface area contributed by atoms with E-state index >= 15 is 0 Å². The largest absolute Gasteiger partial charge is 0.326 e. The summed E-state index contributed by atoms with van der Waals surface area (Å²) >= 11 is 0. The molecule has 34 heavy (non-hydrogen) atoms. The Morgan fingerprint density at radius 3 is 2.38 bits per heavy atom. The van der Waals surface area contributed by atoms with Gasteiger partial charge in [0.15, 0.2) is 5.65 Å². The van der Waals surface area contributed by atoms with Gasteiger partial charge >= 0.3 is 0 Å². The Labute approximate surface area is 199 Å². The zero-order valence-electron chi connectivity index (χ0n) is 19.5. The quantitative estimate of drug-likeness (QED) is 0.396. The van der Waals surface area contributed by atoms with Gasteiger partial charge in [0.2, 0.25) is 0 Å². The second kappa shape index (κ2) is 8.67. The first-order valence-corrected chi connectivity index (χ1v) is 12.0. The third-order valence-corrected chi connectivity index (χ3v) is 7.31. The van der Waals surface area contributed by atoms with Crippen LogP contribution in [0.15, 0.2) is 79.3 Å². The zero-order valence-corrected chi connectivity index (χ0v) is 19.5. The molecule has 5 aromatic rings. The molecule has 0 radical (unpaired) electrons. The van der Waals surface area contributed by atoms with Crippen LogP contribution in [-0.4, -0.2) is 39.6 Å². The number of rotatable bonds is 4. The minimum Gasteiger partial charge on any atom is -0.326 e. The van der Waals surface area contributed by atoms with Gasteiger partial charge in [-0.05, 0) is 71.9 Å². The van der Waals surface area contributed by atoms with Crippen molar-refractivity contribution in [3.05, 3.63) is 90.4 Å². The van der Waals surface area contributed by atoms with Crippen LogP contribution in [0.3, 0.4) is 0 Å². The standard InChI is InChI=1S/C29H29N5/c1-33-14-12-22(13-15-33)20-6-8-21(9-7-20)24-17-31-29-28(18-32-34(29)19-24)27-11-10-23(16-30)25-4-2-3-5-26(25)27/h2-11,17-19,22H,12-16,30H2,1H3. The smallest absolute Gasteiger partial charge is 0.162 e. The Morgan fingerprint density at radius 2 is 1.62 bits per heavy atom. The number of hydrogen-bond acceptors (Lipinski definition) is 4. The minimum atomic E-state index is 0.522. The maximum atomic E-state index is 5.97. The molecule has 5 nitrogen and oxygen atoms in total. The van der Waals surface area contributed by atoms with E-state index < -0.39 is 0 Å². The van der Waals surface area contributed by atoms with Gasteiger partial charge in [-0.15, -0.1) is 0 Å². The molecule has 0 aliphatic carbocycles. The third kappa shape index (κ3) is 3.67. The highest BCUT2D eigenvalue weighted by Crippen LogP contribution is 2.34. The SMILES string of the molecule is CN1CCC(c2ccc(-c3cnc4c(-c5ccc(CN)c6ccccc56)cnn4c3)cc2)CC1. The average molecular weight is 448 g/mol. The number of hydrogen-bond donors (Lipinski definition) is 1. The number of benzene rings is 3. The summed E-state index contributed by atoms with van der Waals surface area (Å²) in [5.41, 5.74) is 13.8. The van der Waals surface area contributed by atoms with Crippen molar-refractivity contribution in [2.45, 2.75) is 25.3 Å². The zero-order chi connectivity index (χ0) is 23.1. The molecule has 1 saturated heterocycles. The summed E-state index contributed by atoms with van der Waals surface area (Å²) in [6.45, 7) is 2.88. The first-order chi connectivity index (χ1) is 16.7. The van der Waals surface area contributed by atoms with Gasteiger partial charge in [-0.1, -0.05) is 60.7 Å². The molecule has 2 aromatic heterocycles. The lowest BCUT2D eigenvalue weighted by atomic mass is 9.89. The predicted octanol–water partition coefficient (Wildman–Crippen LogP) is 5.48. The molecule has 170 valence electrons. The van der Waals surface area contributed by atoms with Crippen LogP contribution in [-0.2, 0) is 6.54 Å². The molecule has 5 heteroatoms. The molecule has 0 spiro atoms. The van der Waals surface area contributed by atoms with Crippen molar-refractivity contribution in [2.75, 3.05) is 20.1 Å². The fourth-order valence-corrected chi connectivity index (χ4v) is 5.28. The monoisotopic (exact) mass is 447 g/mol. The van der Waals surface area contributed by atoms with Crippen LogP contribution in [0.25, 0.3) is 38.7 Å². The lowest BCUT2D eigenvalue weighted by molar-refractivity contribution is 0.255. The Kier molecular flexibility index (Phi) is 5.36. The van der Waals surface area contributed by atoms with Crippen LogP contribution in [0.2, 0.25) is 0 Å². The molecule has 1 aliphatic rings. The average Bonchev–Trinajstić information content (AvgIpc) is 3.32. The minimum absolute atomic E-state index is 0.522. The van der Waals surface area contributed by atoms with E-state index in [0.29, 0.717) is 12.5 Å². The van der Waals surface area contributed by atoms with E-state index in [1.54, 1.807) is 0 Å². The molecule has 1 fully saturated rings. The van der Waals surface area contributed by atoms with Gasteiger partial charge in [0.1, 0.15) is 0 Å². The summed E-state index contributed by atoms with van der Waals surface area (Å²) in [4.78, 5) is 7.25.